The van der Waals surface area contributed by atoms with Crippen molar-refractivity contribution in [2.45, 2.75) is 0 Å². The molecule has 0 spiro atoms. The molecule has 0 fully saturated rings. The number of carbonyl (C=O) groups excluding carboxylic acids is 1. The van der Waals surface area contributed by atoms with E-state index in [1.165, 1.54) is 21.3 Å². The third-order valence-corrected chi connectivity index (χ3v) is 6.19. The van der Waals surface area contributed by atoms with Crippen molar-refractivity contribution in [1.82, 2.24) is 0 Å². The van der Waals surface area contributed by atoms with Crippen molar-refractivity contribution in [2.75, 3.05) is 37.7 Å². The zero-order valence-electron chi connectivity index (χ0n) is 14.1. The van der Waals surface area contributed by atoms with Crippen molar-refractivity contribution < 1.29 is 18.1 Å². The predicted octanol–water partition coefficient (Wildman–Crippen LogP) is 3.14. The first kappa shape index (κ1) is 18.1. The van der Waals surface area contributed by atoms with E-state index in [-0.39, 0.29) is 12.2 Å². The SMILES string of the molecule is CO[Si](CN(C(=O)Nc1ccccc1)c1ccccc1)(OC)OC. The highest BCUT2D eigenvalue weighted by atomic mass is 28.4. The Morgan fingerprint density at radius 1 is 0.917 bits per heavy atom. The number of benzene rings is 2. The van der Waals surface area contributed by atoms with Crippen molar-refractivity contribution >= 4 is 26.2 Å². The van der Waals surface area contributed by atoms with Crippen LogP contribution in [0.5, 0.6) is 0 Å². The van der Waals surface area contributed by atoms with Crippen LogP contribution in [0.15, 0.2) is 60.7 Å². The maximum atomic E-state index is 12.8. The number of amides is 2. The van der Waals surface area contributed by atoms with E-state index in [4.69, 9.17) is 13.3 Å². The van der Waals surface area contributed by atoms with Crippen molar-refractivity contribution in [1.29, 1.82) is 0 Å². The second-order valence-corrected chi connectivity index (χ2v) is 7.92. The molecule has 0 aromatic heterocycles. The van der Waals surface area contributed by atoms with Gasteiger partial charge in [-0.1, -0.05) is 36.4 Å². The van der Waals surface area contributed by atoms with Gasteiger partial charge in [-0.2, -0.15) is 0 Å². The quantitative estimate of drug-likeness (QED) is 0.783. The average molecular weight is 346 g/mol. The van der Waals surface area contributed by atoms with Crippen LogP contribution in [-0.2, 0) is 13.3 Å². The molecule has 2 aromatic rings. The lowest BCUT2D eigenvalue weighted by atomic mass is 10.3. The van der Waals surface area contributed by atoms with Gasteiger partial charge in [-0.05, 0) is 24.3 Å². The number of nitrogens with zero attached hydrogens (tertiary/aromatic N) is 1. The Bertz CT molecular complexity index is 627. The van der Waals surface area contributed by atoms with Crippen LogP contribution in [0.4, 0.5) is 16.2 Å². The molecule has 0 unspecified atom stereocenters. The molecule has 128 valence electrons. The highest BCUT2D eigenvalue weighted by molar-refractivity contribution is 6.61. The first-order chi connectivity index (χ1) is 11.6. The lowest BCUT2D eigenvalue weighted by molar-refractivity contribution is 0.125. The van der Waals surface area contributed by atoms with Crippen molar-refractivity contribution in [3.63, 3.8) is 0 Å². The van der Waals surface area contributed by atoms with E-state index < -0.39 is 8.80 Å². The topological polar surface area (TPSA) is 60.0 Å². The van der Waals surface area contributed by atoms with Gasteiger partial charge in [0.05, 0.1) is 6.17 Å². The van der Waals surface area contributed by atoms with Crippen LogP contribution in [0, 0.1) is 0 Å². The molecule has 0 heterocycles. The highest BCUT2D eigenvalue weighted by Crippen LogP contribution is 2.19. The number of nitrogens with one attached hydrogen (secondary N) is 1. The van der Waals surface area contributed by atoms with Gasteiger partial charge in [-0.15, -0.1) is 0 Å². The fraction of sp³-hybridized carbons (Fsp3) is 0.235. The molecule has 2 aromatic carbocycles. The van der Waals surface area contributed by atoms with E-state index in [2.05, 4.69) is 5.32 Å². The molecule has 7 heteroatoms. The first-order valence-corrected chi connectivity index (χ1v) is 9.41. The number of hydrogen-bond acceptors (Lipinski definition) is 4. The van der Waals surface area contributed by atoms with E-state index in [1.54, 1.807) is 4.90 Å². The van der Waals surface area contributed by atoms with Gasteiger partial charge < -0.3 is 18.6 Å². The third kappa shape index (κ3) is 4.42. The van der Waals surface area contributed by atoms with Gasteiger partial charge in [0.1, 0.15) is 0 Å². The Balaban J connectivity index is 2.27. The van der Waals surface area contributed by atoms with Gasteiger partial charge in [0.15, 0.2) is 0 Å². The van der Waals surface area contributed by atoms with Gasteiger partial charge in [-0.3, -0.25) is 4.90 Å². The largest absolute Gasteiger partial charge is 0.521 e. The summed E-state index contributed by atoms with van der Waals surface area (Å²) in [5.74, 6) is 0. The fourth-order valence-electron chi connectivity index (χ4n) is 2.24. The van der Waals surface area contributed by atoms with E-state index in [9.17, 15) is 4.79 Å². The first-order valence-electron chi connectivity index (χ1n) is 7.48. The molecule has 0 bridgehead atoms. The molecule has 2 amide bonds. The molecule has 1 N–H and O–H groups in total. The third-order valence-electron chi connectivity index (χ3n) is 3.62. The molecule has 0 saturated carbocycles. The number of hydrogen-bond donors (Lipinski definition) is 1. The van der Waals surface area contributed by atoms with Crippen molar-refractivity contribution in [3.05, 3.63) is 60.7 Å². The Hall–Kier alpha value is -2.19. The van der Waals surface area contributed by atoms with Gasteiger partial charge in [0, 0.05) is 32.7 Å². The molecule has 0 aliphatic rings. The standard InChI is InChI=1S/C17H22N2O4Si/c1-21-24(22-2,23-3)14-19(16-12-8-5-9-13-16)17(20)18-15-10-6-4-7-11-15/h4-13H,14H2,1-3H3,(H,18,20). The predicted molar refractivity (Wildman–Crippen MR) is 96.0 cm³/mol. The molecular weight excluding hydrogens is 324 g/mol. The van der Waals surface area contributed by atoms with Gasteiger partial charge in [0.25, 0.3) is 0 Å². The molecule has 0 atom stereocenters. The minimum absolute atomic E-state index is 0.194. The number of rotatable bonds is 7. The minimum atomic E-state index is -2.98. The lowest BCUT2D eigenvalue weighted by Crippen LogP contribution is -2.55. The summed E-state index contributed by atoms with van der Waals surface area (Å²) in [5.41, 5.74) is 1.44. The van der Waals surface area contributed by atoms with Crippen LogP contribution in [0.2, 0.25) is 0 Å². The Morgan fingerprint density at radius 2 is 1.42 bits per heavy atom. The van der Waals surface area contributed by atoms with E-state index in [1.807, 2.05) is 60.7 Å². The summed E-state index contributed by atoms with van der Waals surface area (Å²) in [6.45, 7) is 0. The minimum Gasteiger partial charge on any atom is -0.376 e. The van der Waals surface area contributed by atoms with Crippen LogP contribution < -0.4 is 10.2 Å². The number of urea groups is 1. The van der Waals surface area contributed by atoms with Crippen LogP contribution in [-0.4, -0.2) is 42.3 Å². The average Bonchev–Trinajstić information content (AvgIpc) is 2.65. The van der Waals surface area contributed by atoms with Gasteiger partial charge in [0.2, 0.25) is 0 Å². The van der Waals surface area contributed by atoms with E-state index in [0.717, 1.165) is 5.69 Å². The number of anilines is 2. The van der Waals surface area contributed by atoms with Crippen LogP contribution >= 0.6 is 0 Å². The summed E-state index contributed by atoms with van der Waals surface area (Å²) in [7, 11) is 1.60. The fourth-order valence-corrected chi connectivity index (χ4v) is 3.84. The summed E-state index contributed by atoms with van der Waals surface area (Å²) in [4.78, 5) is 14.4. The summed E-state index contributed by atoms with van der Waals surface area (Å²) in [6.07, 6.45) is 0.194. The normalized spacial score (nSPS) is 11.1. The zero-order valence-corrected chi connectivity index (χ0v) is 15.1. The molecular formula is C17H22N2O4Si. The van der Waals surface area contributed by atoms with Crippen molar-refractivity contribution in [3.8, 4) is 0 Å². The Labute approximate surface area is 143 Å². The maximum absolute atomic E-state index is 12.8. The van der Waals surface area contributed by atoms with Gasteiger partial charge >= 0.3 is 14.8 Å². The summed E-state index contributed by atoms with van der Waals surface area (Å²) >= 11 is 0. The van der Waals surface area contributed by atoms with Crippen LogP contribution in [0.1, 0.15) is 0 Å². The Kier molecular flexibility index (Phi) is 6.50. The summed E-state index contributed by atoms with van der Waals surface area (Å²) in [6, 6.07) is 18.3. The van der Waals surface area contributed by atoms with E-state index >= 15 is 0 Å². The Morgan fingerprint density at radius 3 is 1.92 bits per heavy atom. The molecule has 24 heavy (non-hydrogen) atoms. The van der Waals surface area contributed by atoms with Crippen LogP contribution in [0.3, 0.4) is 0 Å². The van der Waals surface area contributed by atoms with Crippen molar-refractivity contribution in [2.24, 2.45) is 0 Å². The monoisotopic (exact) mass is 346 g/mol. The van der Waals surface area contributed by atoms with Crippen LogP contribution in [0.25, 0.3) is 0 Å². The van der Waals surface area contributed by atoms with Gasteiger partial charge in [-0.25, -0.2) is 4.79 Å². The summed E-state index contributed by atoms with van der Waals surface area (Å²) < 4.78 is 16.4. The van der Waals surface area contributed by atoms with E-state index in [0.29, 0.717) is 5.69 Å². The molecule has 0 radical (unpaired) electrons. The second-order valence-electron chi connectivity index (χ2n) is 5.01. The second kappa shape index (κ2) is 8.60. The molecule has 0 saturated heterocycles. The molecule has 6 nitrogen and oxygen atoms in total. The number of para-hydroxylation sites is 2. The maximum Gasteiger partial charge on any atom is 0.521 e. The molecule has 0 aliphatic carbocycles. The number of carbonyl (C=O) groups is 1. The molecule has 2 rings (SSSR count). The summed E-state index contributed by atoms with van der Waals surface area (Å²) in [5, 5.41) is 2.88. The molecule has 0 aliphatic heterocycles. The lowest BCUT2D eigenvalue weighted by Gasteiger charge is -2.31. The highest BCUT2D eigenvalue weighted by Gasteiger charge is 2.42. The smallest absolute Gasteiger partial charge is 0.376 e. The zero-order chi connectivity index (χ0) is 17.4.